The van der Waals surface area contributed by atoms with Gasteiger partial charge in [-0.3, -0.25) is 0 Å². The van der Waals surface area contributed by atoms with Gasteiger partial charge in [0, 0.05) is 37.5 Å². The Labute approximate surface area is 156 Å². The molecule has 0 aliphatic rings. The van der Waals surface area contributed by atoms with Crippen LogP contribution in [0.5, 0.6) is 0 Å². The zero-order valence-corrected chi connectivity index (χ0v) is 15.0. The summed E-state index contributed by atoms with van der Waals surface area (Å²) in [7, 11) is 1.65. The lowest BCUT2D eigenvalue weighted by molar-refractivity contribution is 0.181. The molecular formula is C19H21N7O. The molecule has 1 atom stereocenters. The number of methoxy groups -OCH3 is 1. The van der Waals surface area contributed by atoms with Crippen molar-refractivity contribution < 1.29 is 4.74 Å². The van der Waals surface area contributed by atoms with Crippen LogP contribution in [0.25, 0.3) is 5.78 Å². The summed E-state index contributed by atoms with van der Waals surface area (Å²) in [6, 6.07) is 12.5. The van der Waals surface area contributed by atoms with E-state index in [9.17, 15) is 0 Å². The largest absolute Gasteiger partial charge is 0.378 e. The predicted octanol–water partition coefficient (Wildman–Crippen LogP) is 2.26. The maximum atomic E-state index is 5.23. The number of aromatic amines is 1. The third-order valence-electron chi connectivity index (χ3n) is 4.30. The van der Waals surface area contributed by atoms with Crippen molar-refractivity contribution in [3.63, 3.8) is 0 Å². The number of rotatable bonds is 8. The van der Waals surface area contributed by atoms with Crippen LogP contribution in [-0.4, -0.2) is 42.7 Å². The molecule has 0 saturated heterocycles. The van der Waals surface area contributed by atoms with E-state index in [1.165, 1.54) is 11.9 Å². The molecule has 8 nitrogen and oxygen atoms in total. The highest BCUT2D eigenvalue weighted by Gasteiger charge is 2.15. The first-order valence-electron chi connectivity index (χ1n) is 8.78. The van der Waals surface area contributed by atoms with E-state index in [2.05, 4.69) is 54.6 Å². The number of benzene rings is 1. The number of fused-ring (bicyclic) bond motifs is 1. The van der Waals surface area contributed by atoms with Gasteiger partial charge in [-0.15, -0.1) is 0 Å². The van der Waals surface area contributed by atoms with Crippen molar-refractivity contribution in [2.45, 2.75) is 25.5 Å². The lowest BCUT2D eigenvalue weighted by atomic mass is 10.0. The zero-order chi connectivity index (χ0) is 18.5. The van der Waals surface area contributed by atoms with Gasteiger partial charge in [-0.05, 0) is 12.0 Å². The van der Waals surface area contributed by atoms with Crippen molar-refractivity contribution in [2.24, 2.45) is 0 Å². The van der Waals surface area contributed by atoms with Crippen molar-refractivity contribution in [1.82, 2.24) is 29.5 Å². The number of imidazole rings is 1. The van der Waals surface area contributed by atoms with Gasteiger partial charge in [0.1, 0.15) is 12.1 Å². The first-order valence-corrected chi connectivity index (χ1v) is 8.78. The van der Waals surface area contributed by atoms with Crippen LogP contribution in [0.3, 0.4) is 0 Å². The van der Waals surface area contributed by atoms with E-state index >= 15 is 0 Å². The molecule has 27 heavy (non-hydrogen) atoms. The quantitative estimate of drug-likeness (QED) is 0.499. The number of anilines is 1. The molecule has 0 fully saturated rings. The SMILES string of the molecule is COCc1cc(NC(Cc2ccccc2)Cc2cnc[nH]2)n2ncnc2n1. The Balaban J connectivity index is 1.64. The smallest absolute Gasteiger partial charge is 0.254 e. The minimum absolute atomic E-state index is 0.137. The van der Waals surface area contributed by atoms with E-state index in [1.54, 1.807) is 18.0 Å². The Bertz CT molecular complexity index is 982. The van der Waals surface area contributed by atoms with E-state index in [0.29, 0.717) is 12.4 Å². The van der Waals surface area contributed by atoms with E-state index < -0.39 is 0 Å². The van der Waals surface area contributed by atoms with Crippen molar-refractivity contribution in [2.75, 3.05) is 12.4 Å². The fourth-order valence-corrected chi connectivity index (χ4v) is 3.13. The van der Waals surface area contributed by atoms with Gasteiger partial charge in [-0.1, -0.05) is 30.3 Å². The maximum absolute atomic E-state index is 5.23. The lowest BCUT2D eigenvalue weighted by Crippen LogP contribution is -2.27. The Hall–Kier alpha value is -3.26. The van der Waals surface area contributed by atoms with Crippen LogP contribution < -0.4 is 5.32 Å². The van der Waals surface area contributed by atoms with Gasteiger partial charge in [0.05, 0.1) is 18.6 Å². The van der Waals surface area contributed by atoms with Crippen molar-refractivity contribution >= 4 is 11.6 Å². The Morgan fingerprint density at radius 3 is 2.89 bits per heavy atom. The van der Waals surface area contributed by atoms with Crippen LogP contribution in [0.1, 0.15) is 17.0 Å². The minimum atomic E-state index is 0.137. The highest BCUT2D eigenvalue weighted by molar-refractivity contribution is 5.46. The van der Waals surface area contributed by atoms with Crippen LogP contribution >= 0.6 is 0 Å². The molecule has 4 aromatic rings. The summed E-state index contributed by atoms with van der Waals surface area (Å²) in [5, 5.41) is 7.91. The summed E-state index contributed by atoms with van der Waals surface area (Å²) < 4.78 is 6.95. The standard InChI is InChI=1S/C19H21N7O/c1-27-11-17-9-18(26-19(25-17)22-13-23-26)24-15(8-16-10-20-12-21-16)7-14-5-3-2-4-6-14/h2-6,9-10,12-13,15,24H,7-8,11H2,1H3,(H,20,21). The van der Waals surface area contributed by atoms with Crippen LogP contribution in [-0.2, 0) is 24.2 Å². The molecule has 1 aromatic carbocycles. The minimum Gasteiger partial charge on any atom is -0.378 e. The highest BCUT2D eigenvalue weighted by atomic mass is 16.5. The molecule has 0 radical (unpaired) electrons. The molecule has 1 unspecified atom stereocenters. The van der Waals surface area contributed by atoms with Gasteiger partial charge in [0.15, 0.2) is 0 Å². The third-order valence-corrected chi connectivity index (χ3v) is 4.30. The molecule has 8 heteroatoms. The second kappa shape index (κ2) is 7.96. The summed E-state index contributed by atoms with van der Waals surface area (Å²) in [6.45, 7) is 0.419. The van der Waals surface area contributed by atoms with Gasteiger partial charge >= 0.3 is 0 Å². The first-order chi connectivity index (χ1) is 13.3. The predicted molar refractivity (Wildman–Crippen MR) is 101 cm³/mol. The molecule has 0 spiro atoms. The van der Waals surface area contributed by atoms with E-state index in [1.807, 2.05) is 18.3 Å². The third kappa shape index (κ3) is 4.12. The molecule has 4 rings (SSSR count). The summed E-state index contributed by atoms with van der Waals surface area (Å²) in [4.78, 5) is 16.0. The molecule has 0 amide bonds. The summed E-state index contributed by atoms with van der Waals surface area (Å²) >= 11 is 0. The van der Waals surface area contributed by atoms with Gasteiger partial charge < -0.3 is 15.0 Å². The molecule has 2 N–H and O–H groups in total. The summed E-state index contributed by atoms with van der Waals surface area (Å²) in [5.74, 6) is 1.39. The second-order valence-electron chi connectivity index (χ2n) is 6.35. The van der Waals surface area contributed by atoms with Crippen molar-refractivity contribution in [1.29, 1.82) is 0 Å². The highest BCUT2D eigenvalue weighted by Crippen LogP contribution is 2.16. The molecule has 3 heterocycles. The average molecular weight is 363 g/mol. The van der Waals surface area contributed by atoms with Gasteiger partial charge in [-0.25, -0.2) is 9.97 Å². The van der Waals surface area contributed by atoms with Crippen LogP contribution in [0.4, 0.5) is 5.82 Å². The summed E-state index contributed by atoms with van der Waals surface area (Å²) in [6.07, 6.45) is 6.72. The van der Waals surface area contributed by atoms with Crippen LogP contribution in [0, 0.1) is 0 Å². The fraction of sp³-hybridized carbons (Fsp3) is 0.263. The molecule has 0 bridgehead atoms. The van der Waals surface area contributed by atoms with E-state index in [-0.39, 0.29) is 6.04 Å². The normalized spacial score (nSPS) is 12.3. The van der Waals surface area contributed by atoms with Crippen LogP contribution in [0.2, 0.25) is 0 Å². The lowest BCUT2D eigenvalue weighted by Gasteiger charge is -2.20. The first kappa shape index (κ1) is 17.2. The average Bonchev–Trinajstić information content (AvgIpc) is 3.34. The molecule has 138 valence electrons. The Morgan fingerprint density at radius 1 is 1.22 bits per heavy atom. The number of hydrogen-bond donors (Lipinski definition) is 2. The zero-order valence-electron chi connectivity index (χ0n) is 15.0. The van der Waals surface area contributed by atoms with Gasteiger partial charge in [0.2, 0.25) is 0 Å². The molecule has 0 aliphatic heterocycles. The number of hydrogen-bond acceptors (Lipinski definition) is 6. The number of ether oxygens (including phenoxy) is 1. The molecule has 3 aromatic heterocycles. The fourth-order valence-electron chi connectivity index (χ4n) is 3.13. The summed E-state index contributed by atoms with van der Waals surface area (Å²) in [5.41, 5.74) is 3.14. The topological polar surface area (TPSA) is 93.0 Å². The second-order valence-corrected chi connectivity index (χ2v) is 6.35. The molecule has 0 saturated carbocycles. The Morgan fingerprint density at radius 2 is 2.11 bits per heavy atom. The van der Waals surface area contributed by atoms with Gasteiger partial charge in [-0.2, -0.15) is 14.6 Å². The Kier molecular flexibility index (Phi) is 5.06. The van der Waals surface area contributed by atoms with Crippen molar-refractivity contribution in [3.05, 3.63) is 72.2 Å². The number of H-pyrrole nitrogens is 1. The number of nitrogens with one attached hydrogen (secondary N) is 2. The number of aromatic nitrogens is 6. The number of nitrogens with zero attached hydrogens (tertiary/aromatic N) is 5. The monoisotopic (exact) mass is 363 g/mol. The van der Waals surface area contributed by atoms with Crippen molar-refractivity contribution in [3.8, 4) is 0 Å². The van der Waals surface area contributed by atoms with Gasteiger partial charge in [0.25, 0.3) is 5.78 Å². The van der Waals surface area contributed by atoms with E-state index in [4.69, 9.17) is 4.74 Å². The van der Waals surface area contributed by atoms with E-state index in [0.717, 1.165) is 30.0 Å². The molecular weight excluding hydrogens is 342 g/mol. The molecule has 0 aliphatic carbocycles. The van der Waals surface area contributed by atoms with Crippen LogP contribution in [0.15, 0.2) is 55.2 Å². The maximum Gasteiger partial charge on any atom is 0.254 e.